The van der Waals surface area contributed by atoms with Gasteiger partial charge in [0, 0.05) is 6.54 Å². The maximum Gasteiger partial charge on any atom is 0.241 e. The van der Waals surface area contributed by atoms with E-state index in [1.807, 2.05) is 43.3 Å². The summed E-state index contributed by atoms with van der Waals surface area (Å²) in [5.74, 6) is 1.41. The highest BCUT2D eigenvalue weighted by Crippen LogP contribution is 2.32. The van der Waals surface area contributed by atoms with Gasteiger partial charge in [-0.25, -0.2) is 8.42 Å². The Morgan fingerprint density at radius 1 is 0.971 bits per heavy atom. The Morgan fingerprint density at radius 2 is 1.71 bits per heavy atom. The third kappa shape index (κ3) is 5.86. The number of hydrogen-bond acceptors (Lipinski definition) is 6. The summed E-state index contributed by atoms with van der Waals surface area (Å²) in [6.45, 7) is 2.71. The molecule has 1 atom stereocenters. The summed E-state index contributed by atoms with van der Waals surface area (Å²) in [5.41, 5.74) is 1.64. The van der Waals surface area contributed by atoms with Gasteiger partial charge in [0.05, 0.1) is 11.5 Å². The zero-order valence-electron chi connectivity index (χ0n) is 18.7. The summed E-state index contributed by atoms with van der Waals surface area (Å²) < 4.78 is 44.7. The Bertz CT molecular complexity index is 1230. The predicted octanol–water partition coefficient (Wildman–Crippen LogP) is 3.02. The molecule has 1 aliphatic heterocycles. The van der Waals surface area contributed by atoms with Gasteiger partial charge in [-0.1, -0.05) is 36.4 Å². The largest absolute Gasteiger partial charge is 0.494 e. The number of amides is 1. The molecule has 0 unspecified atom stereocenters. The topological polar surface area (TPSA) is 103 Å². The van der Waals surface area contributed by atoms with Crippen molar-refractivity contribution in [2.24, 2.45) is 0 Å². The van der Waals surface area contributed by atoms with Gasteiger partial charge in [-0.3, -0.25) is 4.79 Å². The van der Waals surface area contributed by atoms with E-state index in [9.17, 15) is 13.2 Å². The summed E-state index contributed by atoms with van der Waals surface area (Å²) >= 11 is 0. The Hall–Kier alpha value is -3.56. The first-order valence-electron chi connectivity index (χ1n) is 10.9. The normalized spacial score (nSPS) is 13.3. The van der Waals surface area contributed by atoms with Crippen LogP contribution in [0.5, 0.6) is 17.2 Å². The fourth-order valence-electron chi connectivity index (χ4n) is 3.54. The Kier molecular flexibility index (Phi) is 7.34. The minimum absolute atomic E-state index is 0.0533. The lowest BCUT2D eigenvalue weighted by atomic mass is 10.1. The summed E-state index contributed by atoms with van der Waals surface area (Å²) in [6.07, 6.45) is 0.198. The van der Waals surface area contributed by atoms with Crippen molar-refractivity contribution in [1.82, 2.24) is 10.0 Å². The van der Waals surface area contributed by atoms with Crippen LogP contribution in [0.1, 0.15) is 18.1 Å². The minimum atomic E-state index is -3.95. The van der Waals surface area contributed by atoms with Crippen LogP contribution in [0.2, 0.25) is 0 Å². The van der Waals surface area contributed by atoms with Crippen molar-refractivity contribution >= 4 is 15.9 Å². The van der Waals surface area contributed by atoms with Crippen molar-refractivity contribution in [2.45, 2.75) is 30.8 Å². The lowest BCUT2D eigenvalue weighted by Crippen LogP contribution is -2.47. The van der Waals surface area contributed by atoms with Gasteiger partial charge >= 0.3 is 0 Å². The summed E-state index contributed by atoms with van der Waals surface area (Å²) in [6, 6.07) is 19.7. The fraction of sp³-hybridized carbons (Fsp3) is 0.240. The van der Waals surface area contributed by atoms with Crippen LogP contribution >= 0.6 is 0 Å². The van der Waals surface area contributed by atoms with E-state index in [2.05, 4.69) is 10.0 Å². The van der Waals surface area contributed by atoms with Crippen molar-refractivity contribution in [2.75, 3.05) is 13.4 Å². The standard InChI is InChI=1S/C25H26N2O6S/c1-2-31-20-9-11-21(12-10-20)34(29,30)27-22(14-18-6-4-3-5-7-18)25(28)26-16-19-8-13-23-24(15-19)33-17-32-23/h3-13,15,22,27H,2,14,16-17H2,1H3,(H,26,28)/t22-/m1/s1. The van der Waals surface area contributed by atoms with Crippen LogP contribution in [0.4, 0.5) is 0 Å². The van der Waals surface area contributed by atoms with Crippen LogP contribution in [0.25, 0.3) is 0 Å². The number of hydrogen-bond donors (Lipinski definition) is 2. The van der Waals surface area contributed by atoms with E-state index in [0.29, 0.717) is 23.9 Å². The highest BCUT2D eigenvalue weighted by molar-refractivity contribution is 7.89. The first-order valence-corrected chi connectivity index (χ1v) is 12.4. The highest BCUT2D eigenvalue weighted by atomic mass is 32.2. The lowest BCUT2D eigenvalue weighted by Gasteiger charge is -2.19. The molecule has 4 rings (SSSR count). The van der Waals surface area contributed by atoms with Gasteiger partial charge in [-0.2, -0.15) is 4.72 Å². The van der Waals surface area contributed by atoms with Crippen LogP contribution in [-0.2, 0) is 27.8 Å². The van der Waals surface area contributed by atoms with E-state index < -0.39 is 22.0 Å². The maximum atomic E-state index is 13.1. The molecule has 0 saturated carbocycles. The lowest BCUT2D eigenvalue weighted by molar-refractivity contribution is -0.122. The van der Waals surface area contributed by atoms with Crippen molar-refractivity contribution in [1.29, 1.82) is 0 Å². The molecular formula is C25H26N2O6S. The van der Waals surface area contributed by atoms with E-state index in [4.69, 9.17) is 14.2 Å². The Labute approximate surface area is 198 Å². The predicted molar refractivity (Wildman–Crippen MR) is 126 cm³/mol. The molecule has 1 aliphatic rings. The molecule has 0 aromatic heterocycles. The third-order valence-electron chi connectivity index (χ3n) is 5.25. The molecule has 3 aromatic rings. The number of fused-ring (bicyclic) bond motifs is 1. The van der Waals surface area contributed by atoms with Crippen LogP contribution < -0.4 is 24.2 Å². The molecule has 0 radical (unpaired) electrons. The quantitative estimate of drug-likeness (QED) is 0.461. The molecule has 1 heterocycles. The molecule has 1 amide bonds. The second kappa shape index (κ2) is 10.6. The zero-order chi connectivity index (χ0) is 24.0. The summed E-state index contributed by atoms with van der Waals surface area (Å²) in [5, 5.41) is 2.83. The van der Waals surface area contributed by atoms with Crippen LogP contribution in [-0.4, -0.2) is 33.8 Å². The fourth-order valence-corrected chi connectivity index (χ4v) is 4.73. The molecule has 9 heteroatoms. The molecule has 0 aliphatic carbocycles. The maximum absolute atomic E-state index is 13.1. The summed E-state index contributed by atoms with van der Waals surface area (Å²) in [7, 11) is -3.95. The van der Waals surface area contributed by atoms with Gasteiger partial charge in [0.2, 0.25) is 22.7 Å². The molecule has 8 nitrogen and oxygen atoms in total. The molecule has 0 spiro atoms. The average Bonchev–Trinajstić information content (AvgIpc) is 3.31. The number of ether oxygens (including phenoxy) is 3. The van der Waals surface area contributed by atoms with E-state index in [-0.39, 0.29) is 24.7 Å². The minimum Gasteiger partial charge on any atom is -0.494 e. The molecule has 0 bridgehead atoms. The van der Waals surface area contributed by atoms with Crippen molar-refractivity contribution < 1.29 is 27.4 Å². The number of carbonyl (C=O) groups excluding carboxylic acids is 1. The SMILES string of the molecule is CCOc1ccc(S(=O)(=O)N[C@H](Cc2ccccc2)C(=O)NCc2ccc3c(c2)OCO3)cc1. The second-order valence-electron chi connectivity index (χ2n) is 7.67. The zero-order valence-corrected chi connectivity index (χ0v) is 19.5. The van der Waals surface area contributed by atoms with E-state index in [1.165, 1.54) is 12.1 Å². The van der Waals surface area contributed by atoms with Gasteiger partial charge in [-0.05, 0) is 60.9 Å². The van der Waals surface area contributed by atoms with Gasteiger partial charge < -0.3 is 19.5 Å². The monoisotopic (exact) mass is 482 g/mol. The second-order valence-corrected chi connectivity index (χ2v) is 9.39. The van der Waals surface area contributed by atoms with Gasteiger partial charge in [0.25, 0.3) is 0 Å². The van der Waals surface area contributed by atoms with Gasteiger partial charge in [0.1, 0.15) is 11.8 Å². The number of rotatable bonds is 10. The van der Waals surface area contributed by atoms with E-state index in [0.717, 1.165) is 11.1 Å². The molecule has 0 saturated heterocycles. The first-order chi connectivity index (χ1) is 16.4. The number of carbonyl (C=O) groups is 1. The Morgan fingerprint density at radius 3 is 2.44 bits per heavy atom. The molecular weight excluding hydrogens is 456 g/mol. The molecule has 34 heavy (non-hydrogen) atoms. The summed E-state index contributed by atoms with van der Waals surface area (Å²) in [4.78, 5) is 13.1. The van der Waals surface area contributed by atoms with Gasteiger partial charge in [-0.15, -0.1) is 0 Å². The van der Waals surface area contributed by atoms with Crippen LogP contribution in [0, 0.1) is 0 Å². The number of nitrogens with one attached hydrogen (secondary N) is 2. The smallest absolute Gasteiger partial charge is 0.241 e. The molecule has 2 N–H and O–H groups in total. The van der Waals surface area contributed by atoms with Crippen molar-refractivity contribution in [3.63, 3.8) is 0 Å². The van der Waals surface area contributed by atoms with Crippen molar-refractivity contribution in [3.8, 4) is 17.2 Å². The Balaban J connectivity index is 1.49. The number of sulfonamides is 1. The molecule has 0 fully saturated rings. The third-order valence-corrected chi connectivity index (χ3v) is 6.73. The first kappa shape index (κ1) is 23.6. The molecule has 178 valence electrons. The van der Waals surface area contributed by atoms with Gasteiger partial charge in [0.15, 0.2) is 11.5 Å². The van der Waals surface area contributed by atoms with E-state index in [1.54, 1.807) is 24.3 Å². The number of benzene rings is 3. The van der Waals surface area contributed by atoms with Crippen molar-refractivity contribution in [3.05, 3.63) is 83.9 Å². The highest BCUT2D eigenvalue weighted by Gasteiger charge is 2.26. The molecule has 3 aromatic carbocycles. The van der Waals surface area contributed by atoms with Crippen LogP contribution in [0.15, 0.2) is 77.7 Å². The van der Waals surface area contributed by atoms with Crippen LogP contribution in [0.3, 0.4) is 0 Å². The van der Waals surface area contributed by atoms with E-state index >= 15 is 0 Å². The average molecular weight is 483 g/mol.